The second-order valence-electron chi connectivity index (χ2n) is 3.85. The number of fused-ring (bicyclic) bond motifs is 1. The highest BCUT2D eigenvalue weighted by Gasteiger charge is 2.20. The van der Waals surface area contributed by atoms with Gasteiger partial charge in [0, 0.05) is 0 Å². The molecule has 0 aromatic heterocycles. The molecule has 0 atom stereocenters. The van der Waals surface area contributed by atoms with E-state index in [0.29, 0.717) is 0 Å². The standard InChI is InChI=1S/C16H16/c1-4-8-13-12(3)14-10-6-7-11-16(14)15(13)9-5-2/h4-11H,3H2,1-2H3. The second-order valence-corrected chi connectivity index (χ2v) is 3.85. The lowest BCUT2D eigenvalue weighted by molar-refractivity contribution is 1.59. The van der Waals surface area contributed by atoms with E-state index in [1.807, 2.05) is 13.8 Å². The van der Waals surface area contributed by atoms with E-state index in [1.54, 1.807) is 0 Å². The Bertz CT molecular complexity index is 511. The van der Waals surface area contributed by atoms with Crippen molar-refractivity contribution in [3.63, 3.8) is 0 Å². The molecule has 0 heterocycles. The maximum absolute atomic E-state index is 4.19. The summed E-state index contributed by atoms with van der Waals surface area (Å²) in [7, 11) is 0. The van der Waals surface area contributed by atoms with Crippen molar-refractivity contribution in [2.75, 3.05) is 0 Å². The van der Waals surface area contributed by atoms with E-state index in [1.165, 1.54) is 22.3 Å². The van der Waals surface area contributed by atoms with Crippen LogP contribution in [0.15, 0.2) is 60.7 Å². The highest BCUT2D eigenvalue weighted by Crippen LogP contribution is 2.41. The van der Waals surface area contributed by atoms with Crippen molar-refractivity contribution in [2.24, 2.45) is 0 Å². The Kier molecular flexibility index (Phi) is 2.91. The lowest BCUT2D eigenvalue weighted by atomic mass is 10.0. The van der Waals surface area contributed by atoms with Crippen LogP contribution in [-0.2, 0) is 0 Å². The molecule has 2 rings (SSSR count). The summed E-state index contributed by atoms with van der Waals surface area (Å²) >= 11 is 0. The Hall–Kier alpha value is -1.82. The molecule has 1 aliphatic carbocycles. The topological polar surface area (TPSA) is 0 Å². The summed E-state index contributed by atoms with van der Waals surface area (Å²) < 4.78 is 0. The molecule has 0 unspecified atom stereocenters. The Morgan fingerprint density at radius 2 is 1.44 bits per heavy atom. The van der Waals surface area contributed by atoms with Gasteiger partial charge in [-0.1, -0.05) is 55.1 Å². The molecule has 0 amide bonds. The van der Waals surface area contributed by atoms with E-state index in [-0.39, 0.29) is 0 Å². The van der Waals surface area contributed by atoms with E-state index in [9.17, 15) is 0 Å². The van der Waals surface area contributed by atoms with Gasteiger partial charge in [-0.15, -0.1) is 0 Å². The Morgan fingerprint density at radius 3 is 2.06 bits per heavy atom. The molecule has 80 valence electrons. The fourth-order valence-electron chi connectivity index (χ4n) is 2.14. The molecule has 0 saturated carbocycles. The number of hydrogen-bond donors (Lipinski definition) is 0. The van der Waals surface area contributed by atoms with Crippen LogP contribution in [0.4, 0.5) is 0 Å². The molecule has 16 heavy (non-hydrogen) atoms. The number of rotatable bonds is 2. The van der Waals surface area contributed by atoms with E-state index in [4.69, 9.17) is 0 Å². The van der Waals surface area contributed by atoms with Crippen molar-refractivity contribution in [1.29, 1.82) is 0 Å². The van der Waals surface area contributed by atoms with E-state index in [2.05, 4.69) is 55.1 Å². The van der Waals surface area contributed by atoms with Gasteiger partial charge < -0.3 is 0 Å². The zero-order chi connectivity index (χ0) is 11.5. The van der Waals surface area contributed by atoms with Crippen LogP contribution in [0.25, 0.3) is 11.1 Å². The Labute approximate surface area is 97.3 Å². The van der Waals surface area contributed by atoms with Crippen molar-refractivity contribution < 1.29 is 0 Å². The molecule has 0 bridgehead atoms. The normalized spacial score (nSPS) is 15.5. The average molecular weight is 208 g/mol. The van der Waals surface area contributed by atoms with Gasteiger partial charge in [0.05, 0.1) is 0 Å². The van der Waals surface area contributed by atoms with Crippen molar-refractivity contribution in [3.05, 3.63) is 71.8 Å². The zero-order valence-corrected chi connectivity index (χ0v) is 9.83. The Balaban J connectivity index is 2.67. The molecule has 0 radical (unpaired) electrons. The van der Waals surface area contributed by atoms with Gasteiger partial charge in [0.25, 0.3) is 0 Å². The molecule has 1 aliphatic rings. The summed E-state index contributed by atoms with van der Waals surface area (Å²) in [6.07, 6.45) is 8.44. The minimum absolute atomic E-state index is 1.13. The first-order valence-electron chi connectivity index (χ1n) is 5.58. The molecule has 0 fully saturated rings. The summed E-state index contributed by atoms with van der Waals surface area (Å²) in [5, 5.41) is 0. The van der Waals surface area contributed by atoms with Gasteiger partial charge in [-0.3, -0.25) is 0 Å². The van der Waals surface area contributed by atoms with Gasteiger partial charge >= 0.3 is 0 Å². The minimum Gasteiger partial charge on any atom is -0.0905 e. The number of benzene rings is 1. The van der Waals surface area contributed by atoms with Crippen LogP contribution in [-0.4, -0.2) is 0 Å². The summed E-state index contributed by atoms with van der Waals surface area (Å²) in [5.74, 6) is 0. The molecule has 1 aromatic carbocycles. The van der Waals surface area contributed by atoms with Crippen molar-refractivity contribution in [2.45, 2.75) is 13.8 Å². The van der Waals surface area contributed by atoms with Crippen molar-refractivity contribution in [1.82, 2.24) is 0 Å². The van der Waals surface area contributed by atoms with Gasteiger partial charge in [-0.05, 0) is 41.7 Å². The Morgan fingerprint density at radius 1 is 0.875 bits per heavy atom. The third kappa shape index (κ3) is 1.57. The third-order valence-electron chi connectivity index (χ3n) is 2.82. The van der Waals surface area contributed by atoms with Crippen LogP contribution in [0, 0.1) is 0 Å². The van der Waals surface area contributed by atoms with E-state index >= 15 is 0 Å². The fourth-order valence-corrected chi connectivity index (χ4v) is 2.14. The number of allylic oxidation sites excluding steroid dienone is 7. The SMILES string of the molecule is C=C1C(C=CC)=C(C=CC)c2ccccc21. The first-order valence-corrected chi connectivity index (χ1v) is 5.58. The first kappa shape index (κ1) is 10.7. The quantitative estimate of drug-likeness (QED) is 0.665. The highest BCUT2D eigenvalue weighted by atomic mass is 14.2. The van der Waals surface area contributed by atoms with Gasteiger partial charge in [0.1, 0.15) is 0 Å². The summed E-state index contributed by atoms with van der Waals surface area (Å²) in [5.41, 5.74) is 6.19. The fraction of sp³-hybridized carbons (Fsp3) is 0.125. The van der Waals surface area contributed by atoms with Crippen LogP contribution in [0.3, 0.4) is 0 Å². The number of hydrogen-bond acceptors (Lipinski definition) is 0. The summed E-state index contributed by atoms with van der Waals surface area (Å²) in [6.45, 7) is 8.27. The maximum atomic E-state index is 4.19. The highest BCUT2D eigenvalue weighted by molar-refractivity contribution is 6.04. The van der Waals surface area contributed by atoms with Gasteiger partial charge in [-0.25, -0.2) is 0 Å². The molecule has 0 spiro atoms. The summed E-state index contributed by atoms with van der Waals surface area (Å²) in [4.78, 5) is 0. The predicted octanol–water partition coefficient (Wildman–Crippen LogP) is 4.62. The van der Waals surface area contributed by atoms with Crippen LogP contribution in [0.2, 0.25) is 0 Å². The third-order valence-corrected chi connectivity index (χ3v) is 2.82. The molecule has 0 heteroatoms. The smallest absolute Gasteiger partial charge is 0.00993 e. The van der Waals surface area contributed by atoms with Crippen LogP contribution < -0.4 is 0 Å². The van der Waals surface area contributed by atoms with Crippen LogP contribution in [0.1, 0.15) is 25.0 Å². The van der Waals surface area contributed by atoms with Crippen LogP contribution in [0.5, 0.6) is 0 Å². The molecule has 0 aliphatic heterocycles. The minimum atomic E-state index is 1.13. The predicted molar refractivity (Wildman–Crippen MR) is 72.0 cm³/mol. The lowest BCUT2D eigenvalue weighted by Crippen LogP contribution is -1.80. The van der Waals surface area contributed by atoms with Crippen molar-refractivity contribution in [3.8, 4) is 0 Å². The van der Waals surface area contributed by atoms with Gasteiger partial charge in [-0.2, -0.15) is 0 Å². The molecule has 0 nitrogen and oxygen atoms in total. The van der Waals surface area contributed by atoms with E-state index < -0.39 is 0 Å². The van der Waals surface area contributed by atoms with Gasteiger partial charge in [0.15, 0.2) is 0 Å². The largest absolute Gasteiger partial charge is 0.0905 e. The monoisotopic (exact) mass is 208 g/mol. The molecular weight excluding hydrogens is 192 g/mol. The maximum Gasteiger partial charge on any atom is -0.00993 e. The zero-order valence-electron chi connectivity index (χ0n) is 9.83. The molecule has 1 aromatic rings. The van der Waals surface area contributed by atoms with E-state index in [0.717, 1.165) is 5.57 Å². The first-order chi connectivity index (χ1) is 7.79. The average Bonchev–Trinajstić information content (AvgIpc) is 2.57. The van der Waals surface area contributed by atoms with Gasteiger partial charge in [0.2, 0.25) is 0 Å². The van der Waals surface area contributed by atoms with Crippen molar-refractivity contribution >= 4 is 11.1 Å². The molecule has 0 saturated heterocycles. The summed E-state index contributed by atoms with van der Waals surface area (Å²) in [6, 6.07) is 8.44. The molecular formula is C16H16. The second kappa shape index (κ2) is 4.36. The molecule has 0 N–H and O–H groups in total. The lowest BCUT2D eigenvalue weighted by Gasteiger charge is -1.99. The van der Waals surface area contributed by atoms with Crippen LogP contribution >= 0.6 is 0 Å².